The highest BCUT2D eigenvalue weighted by Gasteiger charge is 2.27. The average molecular weight is 349 g/mol. The Balaban J connectivity index is 1.47. The molecular formula is C16H19N3O2S2. The van der Waals surface area contributed by atoms with Gasteiger partial charge in [0.15, 0.2) is 4.34 Å². The molecule has 0 bridgehead atoms. The van der Waals surface area contributed by atoms with E-state index in [9.17, 15) is 4.79 Å². The number of benzene rings is 1. The fraction of sp³-hybridized carbons (Fsp3) is 0.438. The molecule has 0 unspecified atom stereocenters. The molecule has 0 aliphatic carbocycles. The van der Waals surface area contributed by atoms with Crippen LogP contribution >= 0.6 is 23.1 Å². The number of aromatic nitrogens is 2. The molecule has 0 radical (unpaired) electrons. The van der Waals surface area contributed by atoms with E-state index in [4.69, 9.17) is 4.74 Å². The fourth-order valence-corrected chi connectivity index (χ4v) is 4.27. The van der Waals surface area contributed by atoms with Crippen LogP contribution in [0.15, 0.2) is 40.2 Å². The molecule has 1 aliphatic rings. The SMILES string of the molecule is C[C@H](Sc1nncs1)C(=O)N1CCC(Oc2ccccc2)CC1. The lowest BCUT2D eigenvalue weighted by molar-refractivity contribution is -0.132. The Morgan fingerprint density at radius 1 is 1.35 bits per heavy atom. The summed E-state index contributed by atoms with van der Waals surface area (Å²) in [6.07, 6.45) is 1.93. The van der Waals surface area contributed by atoms with E-state index >= 15 is 0 Å². The molecule has 1 atom stereocenters. The van der Waals surface area contributed by atoms with Crippen LogP contribution in [-0.2, 0) is 4.79 Å². The number of rotatable bonds is 5. The van der Waals surface area contributed by atoms with Crippen molar-refractivity contribution in [2.75, 3.05) is 13.1 Å². The van der Waals surface area contributed by atoms with Gasteiger partial charge in [-0.05, 0) is 19.1 Å². The Morgan fingerprint density at radius 2 is 2.09 bits per heavy atom. The van der Waals surface area contributed by atoms with Gasteiger partial charge in [0.1, 0.15) is 17.4 Å². The summed E-state index contributed by atoms with van der Waals surface area (Å²) in [4.78, 5) is 14.4. The normalized spacial score (nSPS) is 17.0. The zero-order valence-electron chi connectivity index (χ0n) is 12.9. The Labute approximate surface area is 144 Å². The van der Waals surface area contributed by atoms with Gasteiger partial charge in [-0.3, -0.25) is 4.79 Å². The third-order valence-corrected chi connectivity index (χ3v) is 5.66. The number of carbonyl (C=O) groups is 1. The third kappa shape index (κ3) is 4.45. The second kappa shape index (κ2) is 7.79. The number of hydrogen-bond donors (Lipinski definition) is 0. The van der Waals surface area contributed by atoms with Crippen LogP contribution in [0.4, 0.5) is 0 Å². The number of para-hydroxylation sites is 1. The van der Waals surface area contributed by atoms with Gasteiger partial charge in [0.25, 0.3) is 0 Å². The summed E-state index contributed by atoms with van der Waals surface area (Å²) in [5.41, 5.74) is 1.69. The number of amides is 1. The second-order valence-corrected chi connectivity index (χ2v) is 7.84. The number of carbonyl (C=O) groups excluding carboxylic acids is 1. The number of piperidine rings is 1. The number of likely N-dealkylation sites (tertiary alicyclic amines) is 1. The molecule has 3 rings (SSSR count). The van der Waals surface area contributed by atoms with Gasteiger partial charge in [-0.1, -0.05) is 41.3 Å². The quantitative estimate of drug-likeness (QED) is 0.777. The van der Waals surface area contributed by atoms with Gasteiger partial charge in [-0.25, -0.2) is 0 Å². The average Bonchev–Trinajstić information content (AvgIpc) is 3.09. The standard InChI is InChI=1S/C16H19N3O2S2/c1-12(23-16-18-17-11-22-16)15(20)19-9-7-14(8-10-19)21-13-5-3-2-4-6-13/h2-6,11-12,14H,7-10H2,1H3/t12-/m0/s1. The lowest BCUT2D eigenvalue weighted by Gasteiger charge is -2.33. The highest BCUT2D eigenvalue weighted by Crippen LogP contribution is 2.26. The van der Waals surface area contributed by atoms with Crippen molar-refractivity contribution >= 4 is 29.0 Å². The molecule has 1 aliphatic heterocycles. The lowest BCUT2D eigenvalue weighted by atomic mass is 10.1. The van der Waals surface area contributed by atoms with Crippen LogP contribution in [0.3, 0.4) is 0 Å². The summed E-state index contributed by atoms with van der Waals surface area (Å²) in [6, 6.07) is 9.86. The minimum Gasteiger partial charge on any atom is -0.490 e. The lowest BCUT2D eigenvalue weighted by Crippen LogP contribution is -2.44. The zero-order chi connectivity index (χ0) is 16.1. The van der Waals surface area contributed by atoms with Crippen LogP contribution in [0, 0.1) is 0 Å². The number of nitrogens with zero attached hydrogens (tertiary/aromatic N) is 3. The first-order valence-electron chi connectivity index (χ1n) is 7.65. The molecule has 5 nitrogen and oxygen atoms in total. The van der Waals surface area contributed by atoms with Gasteiger partial charge < -0.3 is 9.64 Å². The summed E-state index contributed by atoms with van der Waals surface area (Å²) >= 11 is 2.94. The van der Waals surface area contributed by atoms with Gasteiger partial charge in [0.05, 0.1) is 5.25 Å². The fourth-order valence-electron chi connectivity index (χ4n) is 2.56. The van der Waals surface area contributed by atoms with Crippen LogP contribution < -0.4 is 4.74 Å². The first-order valence-corrected chi connectivity index (χ1v) is 9.41. The molecule has 2 aromatic rings. The van der Waals surface area contributed by atoms with Crippen molar-refractivity contribution < 1.29 is 9.53 Å². The highest BCUT2D eigenvalue weighted by atomic mass is 32.2. The predicted octanol–water partition coefficient (Wildman–Crippen LogP) is 3.09. The first-order chi connectivity index (χ1) is 11.2. The van der Waals surface area contributed by atoms with Crippen molar-refractivity contribution in [3.63, 3.8) is 0 Å². The molecule has 0 spiro atoms. The van der Waals surface area contributed by atoms with Gasteiger partial charge in [0.2, 0.25) is 5.91 Å². The van der Waals surface area contributed by atoms with E-state index in [0.29, 0.717) is 0 Å². The van der Waals surface area contributed by atoms with Crippen molar-refractivity contribution in [3.8, 4) is 5.75 Å². The maximum Gasteiger partial charge on any atom is 0.235 e. The summed E-state index contributed by atoms with van der Waals surface area (Å²) in [6.45, 7) is 3.43. The molecule has 0 N–H and O–H groups in total. The third-order valence-electron chi connectivity index (χ3n) is 3.77. The van der Waals surface area contributed by atoms with Gasteiger partial charge in [0, 0.05) is 25.9 Å². The van der Waals surface area contributed by atoms with Crippen molar-refractivity contribution in [1.29, 1.82) is 0 Å². The molecule has 2 heterocycles. The summed E-state index contributed by atoms with van der Waals surface area (Å²) in [5, 5.41) is 7.66. The largest absolute Gasteiger partial charge is 0.490 e. The van der Waals surface area contributed by atoms with E-state index in [-0.39, 0.29) is 17.3 Å². The zero-order valence-corrected chi connectivity index (χ0v) is 14.6. The van der Waals surface area contributed by atoms with Gasteiger partial charge in [-0.2, -0.15) is 0 Å². The van der Waals surface area contributed by atoms with Crippen LogP contribution in [0.25, 0.3) is 0 Å². The van der Waals surface area contributed by atoms with Crippen LogP contribution in [0.2, 0.25) is 0 Å². The van der Waals surface area contributed by atoms with E-state index in [1.165, 1.54) is 23.1 Å². The van der Waals surface area contributed by atoms with Crippen LogP contribution in [-0.4, -0.2) is 45.4 Å². The van der Waals surface area contributed by atoms with Crippen LogP contribution in [0.1, 0.15) is 19.8 Å². The Kier molecular flexibility index (Phi) is 5.51. The van der Waals surface area contributed by atoms with Gasteiger partial charge >= 0.3 is 0 Å². The summed E-state index contributed by atoms with van der Waals surface area (Å²) < 4.78 is 6.81. The monoisotopic (exact) mass is 349 g/mol. The Morgan fingerprint density at radius 3 is 2.74 bits per heavy atom. The topological polar surface area (TPSA) is 55.3 Å². The Hall–Kier alpha value is -1.60. The highest BCUT2D eigenvalue weighted by molar-refractivity contribution is 8.02. The molecule has 1 aromatic heterocycles. The summed E-state index contributed by atoms with van der Waals surface area (Å²) in [5.74, 6) is 1.07. The molecule has 122 valence electrons. The van der Waals surface area contributed by atoms with Gasteiger partial charge in [-0.15, -0.1) is 10.2 Å². The number of ether oxygens (including phenoxy) is 1. The van der Waals surface area contributed by atoms with Crippen molar-refractivity contribution in [1.82, 2.24) is 15.1 Å². The predicted molar refractivity (Wildman–Crippen MR) is 91.9 cm³/mol. The second-order valence-electron chi connectivity index (χ2n) is 5.42. The molecule has 1 fully saturated rings. The van der Waals surface area contributed by atoms with E-state index in [0.717, 1.165) is 36.0 Å². The summed E-state index contributed by atoms with van der Waals surface area (Å²) in [7, 11) is 0. The van der Waals surface area contributed by atoms with E-state index in [2.05, 4.69) is 10.2 Å². The Bertz CT molecular complexity index is 614. The molecule has 23 heavy (non-hydrogen) atoms. The maximum absolute atomic E-state index is 12.5. The minimum absolute atomic E-state index is 0.130. The van der Waals surface area contributed by atoms with Crippen molar-refractivity contribution in [2.45, 2.75) is 35.5 Å². The smallest absolute Gasteiger partial charge is 0.235 e. The van der Waals surface area contributed by atoms with Crippen LogP contribution in [0.5, 0.6) is 5.75 Å². The van der Waals surface area contributed by atoms with E-state index in [1.54, 1.807) is 5.51 Å². The molecule has 1 saturated heterocycles. The molecule has 1 aromatic carbocycles. The number of thioether (sulfide) groups is 1. The van der Waals surface area contributed by atoms with Crippen molar-refractivity contribution in [3.05, 3.63) is 35.8 Å². The molecule has 0 saturated carbocycles. The molecular weight excluding hydrogens is 330 g/mol. The van der Waals surface area contributed by atoms with Crippen molar-refractivity contribution in [2.24, 2.45) is 0 Å². The number of hydrogen-bond acceptors (Lipinski definition) is 6. The minimum atomic E-state index is -0.130. The van der Waals surface area contributed by atoms with E-state index in [1.807, 2.05) is 42.2 Å². The maximum atomic E-state index is 12.5. The molecule has 1 amide bonds. The molecule has 7 heteroatoms. The first kappa shape index (κ1) is 16.3. The van der Waals surface area contributed by atoms with E-state index < -0.39 is 0 Å².